The van der Waals surface area contributed by atoms with Crippen molar-refractivity contribution in [2.24, 2.45) is 5.14 Å². The highest BCUT2D eigenvalue weighted by atomic mass is 32.2. The zero-order valence-electron chi connectivity index (χ0n) is 16.7. The minimum Gasteiger partial charge on any atom is -0.379 e. The smallest absolute Gasteiger partial charge is 0.293 e. The minimum absolute atomic E-state index is 0.00897. The number of rotatable bonds is 9. The summed E-state index contributed by atoms with van der Waals surface area (Å²) in [5.41, 5.74) is 0.611. The Kier molecular flexibility index (Phi) is 6.94. The number of nitro benzene ring substituents is 1. The topological polar surface area (TPSA) is 162 Å². The molecule has 1 aliphatic carbocycles. The summed E-state index contributed by atoms with van der Waals surface area (Å²) in [5, 5.41) is 19.2. The minimum atomic E-state index is -4.05. The Balaban J connectivity index is 1.62. The second kappa shape index (κ2) is 9.30. The monoisotopic (exact) mass is 468 g/mol. The molecule has 31 heavy (non-hydrogen) atoms. The van der Waals surface area contributed by atoms with Crippen LogP contribution in [0, 0.1) is 10.1 Å². The van der Waals surface area contributed by atoms with Crippen LogP contribution in [0.1, 0.15) is 31.2 Å². The number of nitrogens with one attached hydrogen (secondary N) is 2. The fourth-order valence-corrected chi connectivity index (χ4v) is 5.34. The Morgan fingerprint density at radius 1 is 1.00 bits per heavy atom. The van der Waals surface area contributed by atoms with Gasteiger partial charge in [-0.3, -0.25) is 10.1 Å². The zero-order valence-corrected chi connectivity index (χ0v) is 18.3. The fraction of sp³-hybridized carbons (Fsp3) is 0.368. The summed E-state index contributed by atoms with van der Waals surface area (Å²) in [6.07, 6.45) is 4.25. The lowest BCUT2D eigenvalue weighted by molar-refractivity contribution is -0.384. The van der Waals surface area contributed by atoms with Crippen LogP contribution in [0.15, 0.2) is 52.3 Å². The van der Waals surface area contributed by atoms with Gasteiger partial charge in [0.25, 0.3) is 5.69 Å². The van der Waals surface area contributed by atoms with Gasteiger partial charge in [0.2, 0.25) is 20.0 Å². The SMILES string of the molecule is NS(=O)(=O)c1ccc(NCCc2ccc(S(=O)(=O)NC3CCCC3)cc2)c([N+](=O)[O-])c1. The highest BCUT2D eigenvalue weighted by Gasteiger charge is 2.23. The number of nitro groups is 1. The van der Waals surface area contributed by atoms with Gasteiger partial charge in [0.1, 0.15) is 5.69 Å². The molecule has 0 heterocycles. The predicted octanol–water partition coefficient (Wildman–Crippen LogP) is 2.12. The molecule has 0 saturated heterocycles. The number of primary sulfonamides is 1. The summed E-state index contributed by atoms with van der Waals surface area (Å²) in [6.45, 7) is 0.321. The largest absolute Gasteiger partial charge is 0.379 e. The molecule has 0 amide bonds. The van der Waals surface area contributed by atoms with Crippen LogP contribution in [0.3, 0.4) is 0 Å². The van der Waals surface area contributed by atoms with Gasteiger partial charge >= 0.3 is 0 Å². The molecule has 0 aromatic heterocycles. The van der Waals surface area contributed by atoms with Crippen LogP contribution in [-0.4, -0.2) is 34.3 Å². The summed E-state index contributed by atoms with van der Waals surface area (Å²) in [6, 6.07) is 9.86. The van der Waals surface area contributed by atoms with Gasteiger partial charge in [0.05, 0.1) is 14.7 Å². The summed E-state index contributed by atoms with van der Waals surface area (Å²) < 4.78 is 50.4. The maximum absolute atomic E-state index is 12.5. The van der Waals surface area contributed by atoms with E-state index in [1.165, 1.54) is 24.3 Å². The van der Waals surface area contributed by atoms with Gasteiger partial charge in [-0.15, -0.1) is 0 Å². The number of benzene rings is 2. The molecule has 0 aliphatic heterocycles. The number of hydrogen-bond donors (Lipinski definition) is 3. The summed E-state index contributed by atoms with van der Waals surface area (Å²) >= 11 is 0. The summed E-state index contributed by atoms with van der Waals surface area (Å²) in [7, 11) is -7.60. The van der Waals surface area contributed by atoms with Crippen LogP contribution in [0.4, 0.5) is 11.4 Å². The molecule has 0 bridgehead atoms. The van der Waals surface area contributed by atoms with E-state index in [2.05, 4.69) is 10.0 Å². The molecule has 168 valence electrons. The third-order valence-corrected chi connectivity index (χ3v) is 7.58. The second-order valence-corrected chi connectivity index (χ2v) is 10.7. The lowest BCUT2D eigenvalue weighted by Gasteiger charge is -2.13. The van der Waals surface area contributed by atoms with E-state index in [1.54, 1.807) is 12.1 Å². The Bertz CT molecular complexity index is 1160. The second-order valence-electron chi connectivity index (χ2n) is 7.40. The Morgan fingerprint density at radius 2 is 1.61 bits per heavy atom. The van der Waals surface area contributed by atoms with E-state index in [-0.39, 0.29) is 21.5 Å². The molecule has 0 unspecified atom stereocenters. The highest BCUT2D eigenvalue weighted by molar-refractivity contribution is 7.89. The average molecular weight is 469 g/mol. The molecular formula is C19H24N4O6S2. The van der Waals surface area contributed by atoms with Crippen LogP contribution in [0.5, 0.6) is 0 Å². The van der Waals surface area contributed by atoms with Crippen molar-refractivity contribution < 1.29 is 21.8 Å². The van der Waals surface area contributed by atoms with Crippen molar-refractivity contribution in [1.82, 2.24) is 4.72 Å². The van der Waals surface area contributed by atoms with Crippen LogP contribution < -0.4 is 15.2 Å². The average Bonchev–Trinajstić information content (AvgIpc) is 3.20. The van der Waals surface area contributed by atoms with Crippen LogP contribution in [-0.2, 0) is 26.5 Å². The van der Waals surface area contributed by atoms with E-state index < -0.39 is 30.7 Å². The van der Waals surface area contributed by atoms with Crippen molar-refractivity contribution in [3.05, 3.63) is 58.1 Å². The first kappa shape index (κ1) is 23.1. The number of nitrogens with two attached hydrogens (primary N) is 1. The zero-order chi connectivity index (χ0) is 22.6. The number of anilines is 1. The van der Waals surface area contributed by atoms with Crippen molar-refractivity contribution >= 4 is 31.4 Å². The Hall–Kier alpha value is -2.54. The first-order valence-corrected chi connectivity index (χ1v) is 12.8. The number of sulfonamides is 2. The lowest BCUT2D eigenvalue weighted by Crippen LogP contribution is -2.32. The van der Waals surface area contributed by atoms with E-state index >= 15 is 0 Å². The van der Waals surface area contributed by atoms with Crippen molar-refractivity contribution in [2.45, 2.75) is 47.9 Å². The molecule has 0 spiro atoms. The predicted molar refractivity (Wildman–Crippen MR) is 116 cm³/mol. The standard InChI is InChI=1S/C19H24N4O6S2/c20-30(26,27)17-9-10-18(19(13-17)23(24)25)21-12-11-14-5-7-16(8-6-14)31(28,29)22-15-3-1-2-4-15/h5-10,13,15,21-22H,1-4,11-12H2,(H2,20,26,27). The lowest BCUT2D eigenvalue weighted by atomic mass is 10.1. The highest BCUT2D eigenvalue weighted by Crippen LogP contribution is 2.27. The molecular weight excluding hydrogens is 444 g/mol. The summed E-state index contributed by atoms with van der Waals surface area (Å²) in [5.74, 6) is 0. The molecule has 1 fully saturated rings. The van der Waals surface area contributed by atoms with Crippen LogP contribution >= 0.6 is 0 Å². The van der Waals surface area contributed by atoms with Crippen molar-refractivity contribution in [3.63, 3.8) is 0 Å². The molecule has 0 atom stereocenters. The van der Waals surface area contributed by atoms with E-state index in [0.29, 0.717) is 13.0 Å². The van der Waals surface area contributed by atoms with Gasteiger partial charge in [-0.2, -0.15) is 0 Å². The van der Waals surface area contributed by atoms with Crippen molar-refractivity contribution in [3.8, 4) is 0 Å². The molecule has 1 aliphatic rings. The molecule has 4 N–H and O–H groups in total. The van der Waals surface area contributed by atoms with Crippen LogP contribution in [0.25, 0.3) is 0 Å². The van der Waals surface area contributed by atoms with Gasteiger partial charge in [0.15, 0.2) is 0 Å². The van der Waals surface area contributed by atoms with Gasteiger partial charge in [0, 0.05) is 18.7 Å². The molecule has 2 aromatic rings. The number of hydrogen-bond acceptors (Lipinski definition) is 7. The quantitative estimate of drug-likeness (QED) is 0.375. The van der Waals surface area contributed by atoms with E-state index in [4.69, 9.17) is 5.14 Å². The third-order valence-electron chi connectivity index (χ3n) is 5.13. The molecule has 12 heteroatoms. The molecule has 10 nitrogen and oxygen atoms in total. The van der Waals surface area contributed by atoms with Crippen molar-refractivity contribution in [2.75, 3.05) is 11.9 Å². The van der Waals surface area contributed by atoms with Crippen molar-refractivity contribution in [1.29, 1.82) is 0 Å². The molecule has 1 saturated carbocycles. The molecule has 2 aromatic carbocycles. The van der Waals surface area contributed by atoms with E-state index in [1.807, 2.05) is 0 Å². The fourth-order valence-electron chi connectivity index (χ4n) is 3.50. The molecule has 3 rings (SSSR count). The van der Waals surface area contributed by atoms with E-state index in [9.17, 15) is 26.9 Å². The third kappa shape index (κ3) is 6.00. The van der Waals surface area contributed by atoms with Gasteiger partial charge in [-0.1, -0.05) is 25.0 Å². The maximum atomic E-state index is 12.5. The van der Waals surface area contributed by atoms with Gasteiger partial charge in [-0.05, 0) is 49.1 Å². The normalized spacial score (nSPS) is 15.1. The maximum Gasteiger partial charge on any atom is 0.293 e. The summed E-state index contributed by atoms with van der Waals surface area (Å²) in [4.78, 5) is 10.4. The van der Waals surface area contributed by atoms with E-state index in [0.717, 1.165) is 37.3 Å². The first-order valence-electron chi connectivity index (χ1n) is 9.73. The number of nitrogens with zero attached hydrogens (tertiary/aromatic N) is 1. The van der Waals surface area contributed by atoms with Gasteiger partial charge in [-0.25, -0.2) is 26.7 Å². The molecule has 0 radical (unpaired) electrons. The first-order chi connectivity index (χ1) is 14.6. The Labute approximate surface area is 181 Å². The van der Waals surface area contributed by atoms with Crippen LogP contribution in [0.2, 0.25) is 0 Å². The van der Waals surface area contributed by atoms with Gasteiger partial charge < -0.3 is 5.32 Å². The Morgan fingerprint density at radius 3 is 2.19 bits per heavy atom.